The molecule has 0 spiro atoms. The number of nitrogens with zero attached hydrogens (tertiary/aromatic N) is 2. The normalized spacial score (nSPS) is 16.6. The molecule has 0 aromatic heterocycles. The van der Waals surface area contributed by atoms with Crippen LogP contribution in [0.15, 0.2) is 41.4 Å². The molecule has 0 saturated carbocycles. The van der Waals surface area contributed by atoms with E-state index in [1.807, 2.05) is 31.2 Å². The van der Waals surface area contributed by atoms with Gasteiger partial charge in [-0.25, -0.2) is 0 Å². The Balaban J connectivity index is 0.00000392. The molecular formula is C21H35IN4O2. The maximum absolute atomic E-state index is 5.93. The summed E-state index contributed by atoms with van der Waals surface area (Å²) in [4.78, 5) is 6.81. The van der Waals surface area contributed by atoms with Crippen molar-refractivity contribution in [2.75, 3.05) is 40.3 Å². The third-order valence-electron chi connectivity index (χ3n) is 4.60. The van der Waals surface area contributed by atoms with Crippen molar-refractivity contribution in [2.45, 2.75) is 38.8 Å². The number of nitrogens with one attached hydrogen (secondary N) is 2. The maximum atomic E-state index is 5.93. The minimum Gasteiger partial charge on any atom is -0.497 e. The maximum Gasteiger partial charge on any atom is 0.191 e. The van der Waals surface area contributed by atoms with E-state index in [1.54, 1.807) is 14.2 Å². The second-order valence-electron chi connectivity index (χ2n) is 7.21. The SMILES string of the molecule is C=C(C)CN1CCC(NC(=NC)NCC(C)Oc2ccc(OC)cc2)CC1.I. The van der Waals surface area contributed by atoms with E-state index >= 15 is 0 Å². The van der Waals surface area contributed by atoms with Gasteiger partial charge in [0.1, 0.15) is 17.6 Å². The van der Waals surface area contributed by atoms with Crippen molar-refractivity contribution in [3.05, 3.63) is 36.4 Å². The molecular weight excluding hydrogens is 467 g/mol. The predicted octanol–water partition coefficient (Wildman–Crippen LogP) is 3.29. The topological polar surface area (TPSA) is 58.1 Å². The summed E-state index contributed by atoms with van der Waals surface area (Å²) < 4.78 is 11.1. The molecule has 1 unspecified atom stereocenters. The van der Waals surface area contributed by atoms with Crippen molar-refractivity contribution < 1.29 is 9.47 Å². The number of halogens is 1. The minimum atomic E-state index is 0. The van der Waals surface area contributed by atoms with E-state index in [2.05, 4.69) is 34.0 Å². The lowest BCUT2D eigenvalue weighted by atomic mass is 10.0. The van der Waals surface area contributed by atoms with E-state index in [-0.39, 0.29) is 30.1 Å². The fourth-order valence-electron chi connectivity index (χ4n) is 3.17. The van der Waals surface area contributed by atoms with Crippen LogP contribution >= 0.6 is 24.0 Å². The van der Waals surface area contributed by atoms with Crippen molar-refractivity contribution in [2.24, 2.45) is 4.99 Å². The van der Waals surface area contributed by atoms with Gasteiger partial charge in [0.25, 0.3) is 0 Å². The van der Waals surface area contributed by atoms with E-state index in [9.17, 15) is 0 Å². The number of guanidine groups is 1. The monoisotopic (exact) mass is 502 g/mol. The molecule has 1 aromatic rings. The van der Waals surface area contributed by atoms with Crippen LogP contribution in [0.4, 0.5) is 0 Å². The fraction of sp³-hybridized carbons (Fsp3) is 0.571. The predicted molar refractivity (Wildman–Crippen MR) is 127 cm³/mol. The van der Waals surface area contributed by atoms with Crippen molar-refractivity contribution in [1.29, 1.82) is 0 Å². The average molecular weight is 502 g/mol. The summed E-state index contributed by atoms with van der Waals surface area (Å²) in [7, 11) is 3.46. The number of methoxy groups -OCH3 is 1. The van der Waals surface area contributed by atoms with E-state index in [0.717, 1.165) is 49.9 Å². The number of likely N-dealkylation sites (tertiary alicyclic amines) is 1. The number of piperidine rings is 1. The van der Waals surface area contributed by atoms with Gasteiger partial charge < -0.3 is 20.1 Å². The van der Waals surface area contributed by atoms with Gasteiger partial charge >= 0.3 is 0 Å². The van der Waals surface area contributed by atoms with Crippen molar-refractivity contribution in [3.63, 3.8) is 0 Å². The third-order valence-corrected chi connectivity index (χ3v) is 4.60. The molecule has 0 amide bonds. The van der Waals surface area contributed by atoms with E-state index in [0.29, 0.717) is 12.6 Å². The van der Waals surface area contributed by atoms with Crippen LogP contribution in [0.5, 0.6) is 11.5 Å². The minimum absolute atomic E-state index is 0. The molecule has 7 heteroatoms. The van der Waals surface area contributed by atoms with E-state index in [4.69, 9.17) is 9.47 Å². The second kappa shape index (κ2) is 12.9. The number of hydrogen-bond donors (Lipinski definition) is 2. The lowest BCUT2D eigenvalue weighted by Gasteiger charge is -2.33. The van der Waals surface area contributed by atoms with Crippen LogP contribution < -0.4 is 20.1 Å². The van der Waals surface area contributed by atoms with Gasteiger partial charge in [0.05, 0.1) is 13.7 Å². The first-order valence-corrected chi connectivity index (χ1v) is 9.64. The number of hydrogen-bond acceptors (Lipinski definition) is 4. The number of rotatable bonds is 8. The molecule has 1 heterocycles. The number of benzene rings is 1. The van der Waals surface area contributed by atoms with Crippen molar-refractivity contribution in [1.82, 2.24) is 15.5 Å². The van der Waals surface area contributed by atoms with Gasteiger partial charge in [-0.05, 0) is 51.0 Å². The molecule has 0 radical (unpaired) electrons. The van der Waals surface area contributed by atoms with Crippen LogP contribution in [-0.4, -0.2) is 63.3 Å². The largest absolute Gasteiger partial charge is 0.497 e. The molecule has 1 saturated heterocycles. The Hall–Kier alpha value is -1.48. The Kier molecular flexibility index (Phi) is 11.3. The smallest absolute Gasteiger partial charge is 0.191 e. The summed E-state index contributed by atoms with van der Waals surface area (Å²) in [5.41, 5.74) is 1.23. The van der Waals surface area contributed by atoms with Gasteiger partial charge in [0.15, 0.2) is 5.96 Å². The highest BCUT2D eigenvalue weighted by Crippen LogP contribution is 2.18. The van der Waals surface area contributed by atoms with Crippen LogP contribution in [0.2, 0.25) is 0 Å². The van der Waals surface area contributed by atoms with Crippen LogP contribution in [0.1, 0.15) is 26.7 Å². The van der Waals surface area contributed by atoms with Crippen LogP contribution in [0, 0.1) is 0 Å². The highest BCUT2D eigenvalue weighted by Gasteiger charge is 2.20. The molecule has 1 atom stereocenters. The second-order valence-corrected chi connectivity index (χ2v) is 7.21. The van der Waals surface area contributed by atoms with E-state index < -0.39 is 0 Å². The molecule has 28 heavy (non-hydrogen) atoms. The molecule has 6 nitrogen and oxygen atoms in total. The zero-order chi connectivity index (χ0) is 19.6. The summed E-state index contributed by atoms with van der Waals surface area (Å²) in [6, 6.07) is 8.09. The summed E-state index contributed by atoms with van der Waals surface area (Å²) in [6.07, 6.45) is 2.26. The van der Waals surface area contributed by atoms with Crippen molar-refractivity contribution >= 4 is 29.9 Å². The standard InChI is InChI=1S/C21H34N4O2.HI/c1-16(2)15-25-12-10-18(11-13-25)24-21(22-4)23-14-17(3)27-20-8-6-19(26-5)7-9-20;/h6-9,17-18H,1,10-15H2,2-5H3,(H2,22,23,24);1H. The summed E-state index contributed by atoms with van der Waals surface area (Å²) >= 11 is 0. The Labute approximate surface area is 186 Å². The van der Waals surface area contributed by atoms with Gasteiger partial charge in [-0.1, -0.05) is 12.2 Å². The highest BCUT2D eigenvalue weighted by atomic mass is 127. The van der Waals surface area contributed by atoms with Crippen LogP contribution in [0.25, 0.3) is 0 Å². The first kappa shape index (κ1) is 24.6. The van der Waals surface area contributed by atoms with Crippen LogP contribution in [-0.2, 0) is 0 Å². The molecule has 1 aliphatic heterocycles. The molecule has 0 aliphatic carbocycles. The van der Waals surface area contributed by atoms with Crippen molar-refractivity contribution in [3.8, 4) is 11.5 Å². The summed E-state index contributed by atoms with van der Waals surface area (Å²) in [6.45, 7) is 12.0. The Morgan fingerprint density at radius 3 is 2.39 bits per heavy atom. The van der Waals surface area contributed by atoms with Gasteiger partial charge in [0, 0.05) is 32.7 Å². The Morgan fingerprint density at radius 2 is 1.86 bits per heavy atom. The quantitative estimate of drug-likeness (QED) is 0.247. The van der Waals surface area contributed by atoms with E-state index in [1.165, 1.54) is 5.57 Å². The molecule has 2 N–H and O–H groups in total. The number of ether oxygens (including phenoxy) is 2. The fourth-order valence-corrected chi connectivity index (χ4v) is 3.17. The first-order chi connectivity index (χ1) is 13.0. The average Bonchev–Trinajstić information content (AvgIpc) is 2.66. The third kappa shape index (κ3) is 8.68. The Bertz CT molecular complexity index is 613. The van der Waals surface area contributed by atoms with Gasteiger partial charge in [-0.2, -0.15) is 0 Å². The zero-order valence-corrected chi connectivity index (χ0v) is 19.9. The van der Waals surface area contributed by atoms with Gasteiger partial charge in [0.2, 0.25) is 0 Å². The number of aliphatic imine (C=N–C) groups is 1. The van der Waals surface area contributed by atoms with Crippen LogP contribution in [0.3, 0.4) is 0 Å². The highest BCUT2D eigenvalue weighted by molar-refractivity contribution is 14.0. The van der Waals surface area contributed by atoms with Gasteiger partial charge in [-0.3, -0.25) is 9.89 Å². The zero-order valence-electron chi connectivity index (χ0n) is 17.5. The molecule has 158 valence electrons. The summed E-state index contributed by atoms with van der Waals surface area (Å²) in [5.74, 6) is 2.49. The summed E-state index contributed by atoms with van der Waals surface area (Å²) in [5, 5.41) is 6.90. The lowest BCUT2D eigenvalue weighted by Crippen LogP contribution is -2.50. The molecule has 2 rings (SSSR count). The van der Waals surface area contributed by atoms with Gasteiger partial charge in [-0.15, -0.1) is 24.0 Å². The molecule has 0 bridgehead atoms. The molecule has 1 aliphatic rings. The molecule has 1 aromatic carbocycles. The Morgan fingerprint density at radius 1 is 1.25 bits per heavy atom. The molecule has 1 fully saturated rings. The first-order valence-electron chi connectivity index (χ1n) is 9.64. The lowest BCUT2D eigenvalue weighted by molar-refractivity contribution is 0.216.